The molecule has 6 heteroatoms. The Morgan fingerprint density at radius 1 is 1.43 bits per heavy atom. The second-order valence-corrected chi connectivity index (χ2v) is 5.73. The molecule has 0 aromatic carbocycles. The van der Waals surface area contributed by atoms with E-state index >= 15 is 0 Å². The van der Waals surface area contributed by atoms with E-state index < -0.39 is 6.17 Å². The van der Waals surface area contributed by atoms with Crippen molar-refractivity contribution in [1.82, 2.24) is 15.6 Å². The van der Waals surface area contributed by atoms with Crippen molar-refractivity contribution in [1.29, 1.82) is 5.26 Å². The molecule has 1 atom stereocenters. The van der Waals surface area contributed by atoms with E-state index in [1.165, 1.54) is 18.2 Å². The largest absolute Gasteiger partial charge is 0.361 e. The monoisotopic (exact) mass is 309 g/mol. The van der Waals surface area contributed by atoms with Gasteiger partial charge in [-0.05, 0) is 50.3 Å². The van der Waals surface area contributed by atoms with Gasteiger partial charge in [0.1, 0.15) is 11.8 Å². The average molecular weight is 309 g/mol. The summed E-state index contributed by atoms with van der Waals surface area (Å²) in [6.45, 7) is 1.95. The first-order valence-electron chi connectivity index (χ1n) is 7.78. The first kappa shape index (κ1) is 15.1. The number of anilines is 1. The first-order chi connectivity index (χ1) is 11.2. The molecule has 1 aliphatic heterocycles. The second kappa shape index (κ2) is 6.53. The van der Waals surface area contributed by atoms with Gasteiger partial charge in [-0.3, -0.25) is 9.78 Å². The van der Waals surface area contributed by atoms with Crippen LogP contribution in [0.5, 0.6) is 0 Å². The predicted molar refractivity (Wildman–Crippen MR) is 87.8 cm³/mol. The van der Waals surface area contributed by atoms with Gasteiger partial charge < -0.3 is 16.0 Å². The van der Waals surface area contributed by atoms with Crippen LogP contribution in [0.15, 0.2) is 30.1 Å². The SMILES string of the molecule is Cc1ccc(NC(=O)C2NC=C(C#N)N2)c(C2=CCCCC2)n1. The zero-order chi connectivity index (χ0) is 16.2. The van der Waals surface area contributed by atoms with Crippen molar-refractivity contribution in [2.24, 2.45) is 0 Å². The number of nitrogens with zero attached hydrogens (tertiary/aromatic N) is 2. The van der Waals surface area contributed by atoms with Gasteiger partial charge in [0.25, 0.3) is 5.91 Å². The van der Waals surface area contributed by atoms with E-state index in [2.05, 4.69) is 27.0 Å². The molecule has 6 nitrogen and oxygen atoms in total. The van der Waals surface area contributed by atoms with Gasteiger partial charge in [0.05, 0.1) is 11.4 Å². The summed E-state index contributed by atoms with van der Waals surface area (Å²) in [6, 6.07) is 5.74. The molecule has 0 saturated carbocycles. The van der Waals surface area contributed by atoms with Crippen LogP contribution in [0.4, 0.5) is 5.69 Å². The second-order valence-electron chi connectivity index (χ2n) is 5.73. The number of rotatable bonds is 3. The van der Waals surface area contributed by atoms with Gasteiger partial charge in [-0.2, -0.15) is 5.26 Å². The van der Waals surface area contributed by atoms with E-state index in [9.17, 15) is 4.79 Å². The molecule has 0 radical (unpaired) electrons. The molecule has 3 rings (SSSR count). The quantitative estimate of drug-likeness (QED) is 0.796. The van der Waals surface area contributed by atoms with Gasteiger partial charge in [-0.15, -0.1) is 0 Å². The molecular formula is C17H19N5O. The number of carbonyl (C=O) groups is 1. The van der Waals surface area contributed by atoms with Crippen LogP contribution in [-0.2, 0) is 4.79 Å². The Kier molecular flexibility index (Phi) is 4.29. The highest BCUT2D eigenvalue weighted by Crippen LogP contribution is 2.30. The maximum absolute atomic E-state index is 12.4. The lowest BCUT2D eigenvalue weighted by Gasteiger charge is -2.18. The van der Waals surface area contributed by atoms with E-state index in [1.54, 1.807) is 0 Å². The molecule has 1 aromatic rings. The maximum Gasteiger partial charge on any atom is 0.267 e. The fourth-order valence-corrected chi connectivity index (χ4v) is 2.77. The third kappa shape index (κ3) is 3.34. The van der Waals surface area contributed by atoms with Gasteiger partial charge in [0.2, 0.25) is 0 Å². The van der Waals surface area contributed by atoms with Crippen molar-refractivity contribution in [2.45, 2.75) is 38.8 Å². The number of aryl methyl sites for hydroxylation is 1. The van der Waals surface area contributed by atoms with Crippen molar-refractivity contribution < 1.29 is 4.79 Å². The number of amides is 1. The van der Waals surface area contributed by atoms with Gasteiger partial charge >= 0.3 is 0 Å². The number of nitriles is 1. The molecule has 1 unspecified atom stereocenters. The number of aromatic nitrogens is 1. The Morgan fingerprint density at radius 3 is 3.00 bits per heavy atom. The van der Waals surface area contributed by atoms with Crippen molar-refractivity contribution in [3.63, 3.8) is 0 Å². The number of nitrogens with one attached hydrogen (secondary N) is 3. The zero-order valence-corrected chi connectivity index (χ0v) is 13.0. The third-order valence-electron chi connectivity index (χ3n) is 3.96. The molecule has 1 aromatic heterocycles. The Labute approximate surface area is 135 Å². The number of hydrogen-bond donors (Lipinski definition) is 3. The summed E-state index contributed by atoms with van der Waals surface area (Å²) in [4.78, 5) is 17.0. The summed E-state index contributed by atoms with van der Waals surface area (Å²) in [5.74, 6) is -0.241. The Bertz CT molecular complexity index is 729. The van der Waals surface area contributed by atoms with Gasteiger partial charge in [-0.25, -0.2) is 0 Å². The number of pyridine rings is 1. The summed E-state index contributed by atoms with van der Waals surface area (Å²) in [7, 11) is 0. The molecule has 118 valence electrons. The van der Waals surface area contributed by atoms with Crippen molar-refractivity contribution in [3.05, 3.63) is 41.5 Å². The van der Waals surface area contributed by atoms with Crippen LogP contribution < -0.4 is 16.0 Å². The molecule has 2 heterocycles. The molecule has 0 spiro atoms. The third-order valence-corrected chi connectivity index (χ3v) is 3.96. The average Bonchev–Trinajstić information content (AvgIpc) is 3.06. The summed E-state index contributed by atoms with van der Waals surface area (Å²) < 4.78 is 0. The standard InChI is InChI=1S/C17H19N5O/c1-11-7-8-14(15(20-11)12-5-3-2-4-6-12)22-17(23)16-19-10-13(9-18)21-16/h5,7-8,10,16,19,21H,2-4,6H2,1H3,(H,22,23). The minimum absolute atomic E-state index is 0.241. The minimum atomic E-state index is -0.640. The Morgan fingerprint density at radius 2 is 2.30 bits per heavy atom. The number of hydrogen-bond acceptors (Lipinski definition) is 5. The maximum atomic E-state index is 12.4. The van der Waals surface area contributed by atoms with E-state index in [4.69, 9.17) is 5.26 Å². The molecule has 0 fully saturated rings. The highest BCUT2D eigenvalue weighted by molar-refractivity contribution is 5.97. The predicted octanol–water partition coefficient (Wildman–Crippen LogP) is 2.17. The van der Waals surface area contributed by atoms with E-state index in [1.807, 2.05) is 25.1 Å². The van der Waals surface area contributed by atoms with Crippen LogP contribution in [0.2, 0.25) is 0 Å². The molecule has 3 N–H and O–H groups in total. The van der Waals surface area contributed by atoms with E-state index in [-0.39, 0.29) is 5.91 Å². The molecular weight excluding hydrogens is 290 g/mol. The van der Waals surface area contributed by atoms with Crippen LogP contribution in [0.25, 0.3) is 5.57 Å². The van der Waals surface area contributed by atoms with Crippen LogP contribution in [0, 0.1) is 18.3 Å². The van der Waals surface area contributed by atoms with E-state index in [0.717, 1.165) is 30.7 Å². The highest BCUT2D eigenvalue weighted by Gasteiger charge is 2.24. The van der Waals surface area contributed by atoms with Crippen LogP contribution >= 0.6 is 0 Å². The molecule has 23 heavy (non-hydrogen) atoms. The van der Waals surface area contributed by atoms with Crippen molar-refractivity contribution in [3.8, 4) is 6.07 Å². The lowest BCUT2D eigenvalue weighted by molar-refractivity contribution is -0.118. The Hall–Kier alpha value is -2.81. The number of carbonyl (C=O) groups excluding carboxylic acids is 1. The Balaban J connectivity index is 1.79. The normalized spacial score (nSPS) is 19.7. The molecule has 0 bridgehead atoms. The fraction of sp³-hybridized carbons (Fsp3) is 0.353. The van der Waals surface area contributed by atoms with Crippen LogP contribution in [0.3, 0.4) is 0 Å². The summed E-state index contributed by atoms with van der Waals surface area (Å²) in [5.41, 5.74) is 4.03. The summed E-state index contributed by atoms with van der Waals surface area (Å²) in [5, 5.41) is 17.4. The first-order valence-corrected chi connectivity index (χ1v) is 7.78. The van der Waals surface area contributed by atoms with Crippen LogP contribution in [-0.4, -0.2) is 17.1 Å². The smallest absolute Gasteiger partial charge is 0.267 e. The van der Waals surface area contributed by atoms with Gasteiger partial charge in [0.15, 0.2) is 6.17 Å². The van der Waals surface area contributed by atoms with Crippen LogP contribution in [0.1, 0.15) is 37.1 Å². The highest BCUT2D eigenvalue weighted by atomic mass is 16.2. The molecule has 0 saturated heterocycles. The minimum Gasteiger partial charge on any atom is -0.361 e. The topological polar surface area (TPSA) is 89.8 Å². The van der Waals surface area contributed by atoms with Crippen molar-refractivity contribution in [2.75, 3.05) is 5.32 Å². The number of allylic oxidation sites excluding steroid dienone is 3. The van der Waals surface area contributed by atoms with Crippen molar-refractivity contribution >= 4 is 17.2 Å². The van der Waals surface area contributed by atoms with E-state index in [0.29, 0.717) is 11.4 Å². The zero-order valence-electron chi connectivity index (χ0n) is 13.0. The molecule has 1 amide bonds. The van der Waals surface area contributed by atoms with Gasteiger partial charge in [0, 0.05) is 11.9 Å². The molecule has 2 aliphatic rings. The fourth-order valence-electron chi connectivity index (χ4n) is 2.77. The summed E-state index contributed by atoms with van der Waals surface area (Å²) in [6.07, 6.45) is 7.47. The lowest BCUT2D eigenvalue weighted by Crippen LogP contribution is -2.43. The molecule has 1 aliphatic carbocycles. The summed E-state index contributed by atoms with van der Waals surface area (Å²) >= 11 is 0. The lowest BCUT2D eigenvalue weighted by atomic mass is 9.96. The van der Waals surface area contributed by atoms with Gasteiger partial charge in [-0.1, -0.05) is 6.08 Å².